The van der Waals surface area contributed by atoms with Crippen molar-refractivity contribution in [3.8, 4) is 0 Å². The van der Waals surface area contributed by atoms with E-state index in [9.17, 15) is 24.6 Å². The monoisotopic (exact) mass is 460 g/mol. The lowest BCUT2D eigenvalue weighted by atomic mass is 9.42. The number of carbonyl (C=O) groups excluding carboxylic acids is 2. The van der Waals surface area contributed by atoms with E-state index in [1.165, 1.54) is 0 Å². The van der Waals surface area contributed by atoms with Gasteiger partial charge in [-0.3, -0.25) is 14.4 Å². The highest BCUT2D eigenvalue weighted by Crippen LogP contribution is 2.70. The van der Waals surface area contributed by atoms with E-state index >= 15 is 0 Å². The maximum atomic E-state index is 13.9. The summed E-state index contributed by atoms with van der Waals surface area (Å²) in [4.78, 5) is 38.8. The van der Waals surface area contributed by atoms with Crippen LogP contribution in [-0.2, 0) is 14.4 Å². The molecular weight excluding hydrogens is 420 g/mol. The number of allylic oxidation sites excluding steroid dienone is 1. The lowest BCUT2D eigenvalue weighted by molar-refractivity contribution is -0.142. The van der Waals surface area contributed by atoms with Gasteiger partial charge in [0.2, 0.25) is 0 Å². The van der Waals surface area contributed by atoms with Crippen molar-refractivity contribution in [1.82, 2.24) is 0 Å². The molecule has 184 valence electrons. The van der Waals surface area contributed by atoms with E-state index in [4.69, 9.17) is 5.11 Å². The second-order valence-electron chi connectivity index (χ2n) is 12.7. The Balaban J connectivity index is 1.85. The number of fused-ring (bicyclic) bond motifs is 4. The number of Topliss-reactive ketones (excluding diaryl/α,β-unsaturated/α-hetero) is 2. The van der Waals surface area contributed by atoms with Gasteiger partial charge in [-0.25, -0.2) is 0 Å². The zero-order valence-corrected chi connectivity index (χ0v) is 20.9. The number of aliphatic hydroxyl groups excluding tert-OH is 2. The average Bonchev–Trinajstić information content (AvgIpc) is 2.92. The smallest absolute Gasteiger partial charge is 0.303 e. The van der Waals surface area contributed by atoms with E-state index in [2.05, 4.69) is 6.92 Å². The fourth-order valence-corrected chi connectivity index (χ4v) is 8.65. The second kappa shape index (κ2) is 7.48. The summed E-state index contributed by atoms with van der Waals surface area (Å²) in [6, 6.07) is 0. The lowest BCUT2D eigenvalue weighted by Crippen LogP contribution is -2.60. The summed E-state index contributed by atoms with van der Waals surface area (Å²) < 4.78 is 0. The Hall–Kier alpha value is -1.53. The number of aliphatic hydroxyl groups is 2. The van der Waals surface area contributed by atoms with Crippen molar-refractivity contribution in [3.63, 3.8) is 0 Å². The molecule has 2 fully saturated rings. The standard InChI is InChI=1S/C27H40O6/c1-14(7-8-21(32)33)15-11-20(31)27(6)23-16(28)12-18-24(2,3)19(30)9-10-25(18,4)22(23)17(29)13-26(15,27)5/h14-16,18-19,28,30H,7-13H2,1-6H3,(H,32,33)/t14-,15+,16+,18+,19+,25-,26-,27-/m1/s1. The molecule has 0 radical (unpaired) electrons. The van der Waals surface area contributed by atoms with Crippen molar-refractivity contribution in [2.45, 2.75) is 98.7 Å². The lowest BCUT2D eigenvalue weighted by Gasteiger charge is -2.61. The van der Waals surface area contributed by atoms with Crippen LogP contribution in [0.4, 0.5) is 0 Å². The van der Waals surface area contributed by atoms with Crippen LogP contribution in [0.2, 0.25) is 0 Å². The van der Waals surface area contributed by atoms with Gasteiger partial charge in [-0.2, -0.15) is 0 Å². The number of ketones is 2. The van der Waals surface area contributed by atoms with Crippen LogP contribution < -0.4 is 0 Å². The first-order valence-corrected chi connectivity index (χ1v) is 12.5. The molecular formula is C27H40O6. The van der Waals surface area contributed by atoms with Crippen LogP contribution in [0.1, 0.15) is 86.5 Å². The summed E-state index contributed by atoms with van der Waals surface area (Å²) in [6.07, 6.45) is 1.38. The van der Waals surface area contributed by atoms with Gasteiger partial charge in [0.25, 0.3) is 0 Å². The Morgan fingerprint density at radius 3 is 2.36 bits per heavy atom. The minimum Gasteiger partial charge on any atom is -0.481 e. The number of rotatable bonds is 4. The summed E-state index contributed by atoms with van der Waals surface area (Å²) in [5.74, 6) is -0.940. The first-order valence-electron chi connectivity index (χ1n) is 12.5. The Morgan fingerprint density at radius 2 is 1.76 bits per heavy atom. The first-order chi connectivity index (χ1) is 15.1. The van der Waals surface area contributed by atoms with Gasteiger partial charge in [-0.15, -0.1) is 0 Å². The summed E-state index contributed by atoms with van der Waals surface area (Å²) in [5, 5.41) is 31.4. The Kier molecular flexibility index (Phi) is 5.58. The molecule has 3 N–H and O–H groups in total. The maximum absolute atomic E-state index is 13.9. The van der Waals surface area contributed by atoms with E-state index < -0.39 is 39.8 Å². The SMILES string of the molecule is C[C@H](CCC(=O)O)[C@@H]1CC(=O)[C@]2(C)C3=C(C(=O)C[C@]12C)[C@]1(C)CC[C@H](O)C(C)(C)[C@@H]1C[C@@H]3O. The molecule has 4 aliphatic carbocycles. The number of carbonyl (C=O) groups is 3. The molecule has 6 nitrogen and oxygen atoms in total. The van der Waals surface area contributed by atoms with Crippen LogP contribution in [-0.4, -0.2) is 45.1 Å². The molecule has 0 amide bonds. The van der Waals surface area contributed by atoms with Crippen LogP contribution >= 0.6 is 0 Å². The molecule has 0 aromatic heterocycles. The minimum absolute atomic E-state index is 0.0142. The number of carboxylic acid groups (broad SMARTS) is 1. The summed E-state index contributed by atoms with van der Waals surface area (Å²) in [5.41, 5.74) is -1.23. The molecule has 4 rings (SSSR count). The molecule has 0 unspecified atom stereocenters. The average molecular weight is 461 g/mol. The molecule has 0 spiro atoms. The van der Waals surface area contributed by atoms with Crippen molar-refractivity contribution in [2.24, 2.45) is 39.4 Å². The number of carboxylic acids is 1. The number of aliphatic carboxylic acids is 1. The fourth-order valence-electron chi connectivity index (χ4n) is 8.65. The molecule has 0 saturated heterocycles. The third-order valence-corrected chi connectivity index (χ3v) is 10.9. The first kappa shape index (κ1) is 24.6. The zero-order valence-electron chi connectivity index (χ0n) is 20.9. The molecule has 8 atom stereocenters. The highest BCUT2D eigenvalue weighted by molar-refractivity contribution is 6.05. The van der Waals surface area contributed by atoms with Gasteiger partial charge in [0.15, 0.2) is 5.78 Å². The van der Waals surface area contributed by atoms with Crippen LogP contribution in [0.15, 0.2) is 11.1 Å². The van der Waals surface area contributed by atoms with Crippen LogP contribution in [0.3, 0.4) is 0 Å². The maximum Gasteiger partial charge on any atom is 0.303 e. The predicted molar refractivity (Wildman–Crippen MR) is 123 cm³/mol. The molecule has 0 heterocycles. The van der Waals surface area contributed by atoms with Gasteiger partial charge in [-0.1, -0.05) is 34.6 Å². The third kappa shape index (κ3) is 3.09. The fraction of sp³-hybridized carbons (Fsp3) is 0.815. The second-order valence-corrected chi connectivity index (χ2v) is 12.7. The summed E-state index contributed by atoms with van der Waals surface area (Å²) in [7, 11) is 0. The topological polar surface area (TPSA) is 112 Å². The Bertz CT molecular complexity index is 933. The number of hydrogen-bond donors (Lipinski definition) is 3. The largest absolute Gasteiger partial charge is 0.481 e. The van der Waals surface area contributed by atoms with E-state index in [1.807, 2.05) is 34.6 Å². The van der Waals surface area contributed by atoms with Gasteiger partial charge in [0.1, 0.15) is 5.78 Å². The van der Waals surface area contributed by atoms with Gasteiger partial charge in [0, 0.05) is 24.8 Å². The molecule has 33 heavy (non-hydrogen) atoms. The van der Waals surface area contributed by atoms with Gasteiger partial charge in [0.05, 0.1) is 17.6 Å². The Labute approximate surface area is 196 Å². The minimum atomic E-state index is -0.938. The summed E-state index contributed by atoms with van der Waals surface area (Å²) >= 11 is 0. The number of hydrogen-bond acceptors (Lipinski definition) is 5. The van der Waals surface area contributed by atoms with E-state index in [-0.39, 0.29) is 42.2 Å². The molecule has 0 aliphatic heterocycles. The third-order valence-electron chi connectivity index (χ3n) is 10.9. The quantitative estimate of drug-likeness (QED) is 0.586. The van der Waals surface area contributed by atoms with Crippen molar-refractivity contribution in [3.05, 3.63) is 11.1 Å². The Morgan fingerprint density at radius 1 is 1.12 bits per heavy atom. The zero-order chi connectivity index (χ0) is 24.7. The molecule has 0 aromatic carbocycles. The van der Waals surface area contributed by atoms with Crippen molar-refractivity contribution in [2.75, 3.05) is 0 Å². The highest BCUT2D eigenvalue weighted by atomic mass is 16.4. The van der Waals surface area contributed by atoms with Gasteiger partial charge < -0.3 is 15.3 Å². The van der Waals surface area contributed by atoms with Crippen molar-refractivity contribution < 1.29 is 29.7 Å². The molecule has 0 bridgehead atoms. The summed E-state index contributed by atoms with van der Waals surface area (Å²) in [6.45, 7) is 12.1. The van der Waals surface area contributed by atoms with Crippen LogP contribution in [0.25, 0.3) is 0 Å². The highest BCUT2D eigenvalue weighted by Gasteiger charge is 2.70. The molecule has 0 aromatic rings. The van der Waals surface area contributed by atoms with Crippen LogP contribution in [0.5, 0.6) is 0 Å². The van der Waals surface area contributed by atoms with Crippen molar-refractivity contribution in [1.29, 1.82) is 0 Å². The van der Waals surface area contributed by atoms with E-state index in [0.29, 0.717) is 43.3 Å². The molecule has 6 heteroatoms. The van der Waals surface area contributed by atoms with Gasteiger partial charge >= 0.3 is 5.97 Å². The molecule has 2 saturated carbocycles. The van der Waals surface area contributed by atoms with Crippen LogP contribution in [0, 0.1) is 39.4 Å². The van der Waals surface area contributed by atoms with Crippen molar-refractivity contribution >= 4 is 17.5 Å². The van der Waals surface area contributed by atoms with E-state index in [1.54, 1.807) is 0 Å². The molecule has 4 aliphatic rings. The predicted octanol–water partition coefficient (Wildman–Crippen LogP) is 3.93. The normalized spacial score (nSPS) is 45.3. The van der Waals surface area contributed by atoms with E-state index in [0.717, 1.165) is 0 Å². The van der Waals surface area contributed by atoms with Gasteiger partial charge in [-0.05, 0) is 72.2 Å².